The second kappa shape index (κ2) is 7.71. The monoisotopic (exact) mass is 310 g/mol. The van der Waals surface area contributed by atoms with Crippen molar-refractivity contribution in [3.8, 4) is 5.75 Å². The van der Waals surface area contributed by atoms with E-state index in [2.05, 4.69) is 22.5 Å². The lowest BCUT2D eigenvalue weighted by atomic mass is 10.2. The molecule has 1 rings (SSSR count). The highest BCUT2D eigenvalue weighted by Crippen LogP contribution is 2.24. The molecule has 0 fully saturated rings. The fraction of sp³-hybridized carbons (Fsp3) is 0.214. The molecule has 0 radical (unpaired) electrons. The number of benzene rings is 1. The molecule has 0 aromatic heterocycles. The van der Waals surface area contributed by atoms with Gasteiger partial charge in [-0.25, -0.2) is 4.79 Å². The van der Waals surface area contributed by atoms with Crippen molar-refractivity contribution in [2.24, 2.45) is 0 Å². The predicted molar refractivity (Wildman–Crippen MR) is 75.7 cm³/mol. The summed E-state index contributed by atoms with van der Waals surface area (Å²) in [5, 5.41) is 8.63. The number of hydrogen-bond donors (Lipinski definition) is 1. The van der Waals surface area contributed by atoms with Crippen LogP contribution in [0.2, 0.25) is 0 Å². The van der Waals surface area contributed by atoms with Gasteiger partial charge in [0.15, 0.2) is 0 Å². The Morgan fingerprint density at radius 1 is 1.50 bits per heavy atom. The lowest BCUT2D eigenvalue weighted by Gasteiger charge is -2.09. The maximum atomic E-state index is 10.5. The van der Waals surface area contributed by atoms with Gasteiger partial charge in [-0.15, -0.1) is 6.58 Å². The van der Waals surface area contributed by atoms with Crippen molar-refractivity contribution in [1.82, 2.24) is 0 Å². The topological polar surface area (TPSA) is 46.5 Å². The number of hydrogen-bond acceptors (Lipinski definition) is 2. The van der Waals surface area contributed by atoms with Crippen LogP contribution in [0.1, 0.15) is 18.4 Å². The van der Waals surface area contributed by atoms with Crippen molar-refractivity contribution in [1.29, 1.82) is 0 Å². The first-order valence-corrected chi connectivity index (χ1v) is 6.37. The number of carboxylic acids is 1. The number of carboxylic acid groups (broad SMARTS) is 1. The van der Waals surface area contributed by atoms with E-state index in [-0.39, 0.29) is 0 Å². The molecule has 1 N–H and O–H groups in total. The molecule has 0 spiro atoms. The molecule has 0 aliphatic carbocycles. The summed E-state index contributed by atoms with van der Waals surface area (Å²) < 4.78 is 6.49. The molecule has 0 aliphatic heterocycles. The summed E-state index contributed by atoms with van der Waals surface area (Å²) in [6.07, 6.45) is 6.25. The average Bonchev–Trinajstić information content (AvgIpc) is 2.34. The molecule has 96 valence electrons. The van der Waals surface area contributed by atoms with Gasteiger partial charge in [0, 0.05) is 16.1 Å². The van der Waals surface area contributed by atoms with Crippen LogP contribution < -0.4 is 4.74 Å². The minimum absolute atomic E-state index is 0.585. The fourth-order valence-electron chi connectivity index (χ4n) is 1.35. The fourth-order valence-corrected chi connectivity index (χ4v) is 1.73. The summed E-state index contributed by atoms with van der Waals surface area (Å²) in [4.78, 5) is 10.5. The molecule has 0 saturated heterocycles. The molecule has 0 heterocycles. The Balaban J connectivity index is 2.76. The molecule has 0 bridgehead atoms. The Bertz CT molecular complexity index is 452. The molecule has 0 unspecified atom stereocenters. The van der Waals surface area contributed by atoms with Crippen molar-refractivity contribution in [2.75, 3.05) is 6.61 Å². The highest BCUT2D eigenvalue weighted by molar-refractivity contribution is 9.10. The van der Waals surface area contributed by atoms with Crippen LogP contribution in [0.4, 0.5) is 0 Å². The van der Waals surface area contributed by atoms with Gasteiger partial charge in [0.05, 0.1) is 6.61 Å². The van der Waals surface area contributed by atoms with Crippen LogP contribution in [0, 0.1) is 0 Å². The van der Waals surface area contributed by atoms with Gasteiger partial charge in [0.1, 0.15) is 5.75 Å². The summed E-state index contributed by atoms with van der Waals surface area (Å²) >= 11 is 3.35. The summed E-state index contributed by atoms with van der Waals surface area (Å²) in [6, 6.07) is 5.50. The number of ether oxygens (including phenoxy) is 1. The zero-order valence-electron chi connectivity index (χ0n) is 9.93. The third-order valence-corrected chi connectivity index (χ3v) is 2.68. The molecule has 18 heavy (non-hydrogen) atoms. The van der Waals surface area contributed by atoms with Gasteiger partial charge in [-0.2, -0.15) is 0 Å². The maximum absolute atomic E-state index is 10.5. The first-order chi connectivity index (χ1) is 8.63. The smallest absolute Gasteiger partial charge is 0.328 e. The number of carbonyl (C=O) groups is 1. The second-order valence-electron chi connectivity index (χ2n) is 3.63. The van der Waals surface area contributed by atoms with E-state index < -0.39 is 5.97 Å². The van der Waals surface area contributed by atoms with Crippen molar-refractivity contribution in [2.45, 2.75) is 12.8 Å². The predicted octanol–water partition coefficient (Wildman–Crippen LogP) is 3.89. The van der Waals surface area contributed by atoms with Crippen LogP contribution in [0.3, 0.4) is 0 Å². The lowest BCUT2D eigenvalue weighted by molar-refractivity contribution is -0.131. The van der Waals surface area contributed by atoms with Crippen LogP contribution in [0.15, 0.2) is 41.4 Å². The minimum Gasteiger partial charge on any atom is -0.493 e. The van der Waals surface area contributed by atoms with E-state index in [0.717, 1.165) is 29.0 Å². The number of allylic oxidation sites excluding steroid dienone is 1. The zero-order valence-corrected chi connectivity index (χ0v) is 11.5. The molecular formula is C14H15BrO3. The number of rotatable bonds is 7. The summed E-state index contributed by atoms with van der Waals surface area (Å²) in [6.45, 7) is 4.23. The Morgan fingerprint density at radius 3 is 2.94 bits per heavy atom. The van der Waals surface area contributed by atoms with E-state index in [1.807, 2.05) is 24.3 Å². The van der Waals surface area contributed by atoms with Crippen molar-refractivity contribution in [3.05, 3.63) is 47.0 Å². The van der Waals surface area contributed by atoms with Gasteiger partial charge in [0.25, 0.3) is 0 Å². The molecule has 0 aliphatic rings. The van der Waals surface area contributed by atoms with Crippen molar-refractivity contribution in [3.63, 3.8) is 0 Å². The van der Waals surface area contributed by atoms with Gasteiger partial charge >= 0.3 is 5.97 Å². The van der Waals surface area contributed by atoms with E-state index in [9.17, 15) is 4.79 Å². The van der Waals surface area contributed by atoms with Gasteiger partial charge in [-0.3, -0.25) is 0 Å². The highest BCUT2D eigenvalue weighted by Gasteiger charge is 2.02. The Morgan fingerprint density at radius 2 is 2.28 bits per heavy atom. The SMILES string of the molecule is C=CCCCOc1ccc(Br)cc1C=CC(=O)O. The molecule has 3 nitrogen and oxygen atoms in total. The van der Waals surface area contributed by atoms with Crippen LogP contribution >= 0.6 is 15.9 Å². The highest BCUT2D eigenvalue weighted by atomic mass is 79.9. The Kier molecular flexibility index (Phi) is 6.22. The lowest BCUT2D eigenvalue weighted by Crippen LogP contribution is -1.98. The third kappa shape index (κ3) is 5.19. The van der Waals surface area contributed by atoms with Crippen molar-refractivity contribution >= 4 is 28.0 Å². The van der Waals surface area contributed by atoms with Crippen LogP contribution in [-0.2, 0) is 4.79 Å². The molecule has 0 amide bonds. The Labute approximate surface area is 115 Å². The largest absolute Gasteiger partial charge is 0.493 e. The normalized spacial score (nSPS) is 10.5. The standard InChI is InChI=1S/C14H15BrO3/c1-2-3-4-9-18-13-7-6-12(15)10-11(13)5-8-14(16)17/h2,5-8,10H,1,3-4,9H2,(H,16,17). The van der Waals surface area contributed by atoms with E-state index in [0.29, 0.717) is 12.4 Å². The number of halogens is 1. The average molecular weight is 311 g/mol. The van der Waals surface area contributed by atoms with Gasteiger partial charge in [-0.05, 0) is 37.1 Å². The summed E-state index contributed by atoms with van der Waals surface area (Å²) in [5.41, 5.74) is 0.741. The third-order valence-electron chi connectivity index (χ3n) is 2.19. The zero-order chi connectivity index (χ0) is 13.4. The first-order valence-electron chi connectivity index (χ1n) is 5.57. The van der Waals surface area contributed by atoms with Gasteiger partial charge in [0.2, 0.25) is 0 Å². The molecule has 0 saturated carbocycles. The minimum atomic E-state index is -0.979. The quantitative estimate of drug-likeness (QED) is 0.472. The van der Waals surface area contributed by atoms with Crippen LogP contribution in [-0.4, -0.2) is 17.7 Å². The molecule has 1 aromatic rings. The molecule has 4 heteroatoms. The van der Waals surface area contributed by atoms with E-state index in [4.69, 9.17) is 9.84 Å². The molecular weight excluding hydrogens is 296 g/mol. The van der Waals surface area contributed by atoms with Gasteiger partial charge in [-0.1, -0.05) is 22.0 Å². The van der Waals surface area contributed by atoms with Gasteiger partial charge < -0.3 is 9.84 Å². The van der Waals surface area contributed by atoms with Crippen LogP contribution in [0.25, 0.3) is 6.08 Å². The Hall–Kier alpha value is -1.55. The van der Waals surface area contributed by atoms with Crippen molar-refractivity contribution < 1.29 is 14.6 Å². The molecule has 0 atom stereocenters. The summed E-state index contributed by atoms with van der Waals surface area (Å²) in [7, 11) is 0. The maximum Gasteiger partial charge on any atom is 0.328 e. The van der Waals surface area contributed by atoms with E-state index in [1.54, 1.807) is 0 Å². The summed E-state index contributed by atoms with van der Waals surface area (Å²) in [5.74, 6) is -0.299. The van der Waals surface area contributed by atoms with Crippen LogP contribution in [0.5, 0.6) is 5.75 Å². The first kappa shape index (κ1) is 14.5. The van der Waals surface area contributed by atoms with E-state index in [1.165, 1.54) is 6.08 Å². The van der Waals surface area contributed by atoms with E-state index >= 15 is 0 Å². The molecule has 1 aromatic carbocycles. The number of aliphatic carboxylic acids is 1. The number of unbranched alkanes of at least 4 members (excludes halogenated alkanes) is 1. The second-order valence-corrected chi connectivity index (χ2v) is 4.55.